The SMILES string of the molecule is CC(C)c1nn[nH]n1.CC(C)c1nn[nH]n1. The van der Waals surface area contributed by atoms with Crippen LogP contribution in [-0.2, 0) is 0 Å². The zero-order valence-electron chi connectivity index (χ0n) is 9.84. The molecule has 0 atom stereocenters. The van der Waals surface area contributed by atoms with Gasteiger partial charge in [0.1, 0.15) is 0 Å². The molecule has 0 aromatic carbocycles. The van der Waals surface area contributed by atoms with E-state index in [-0.39, 0.29) is 0 Å². The molecule has 2 aromatic heterocycles. The summed E-state index contributed by atoms with van der Waals surface area (Å²) in [6, 6.07) is 0. The molecule has 8 heteroatoms. The molecule has 2 rings (SSSR count). The summed E-state index contributed by atoms with van der Waals surface area (Å²) in [5.74, 6) is 2.28. The molecule has 0 unspecified atom stereocenters. The van der Waals surface area contributed by atoms with Crippen LogP contribution in [0.15, 0.2) is 0 Å². The maximum atomic E-state index is 3.77. The second-order valence-corrected chi connectivity index (χ2v) is 3.85. The molecule has 0 aliphatic rings. The summed E-state index contributed by atoms with van der Waals surface area (Å²) in [7, 11) is 0. The minimum Gasteiger partial charge on any atom is -0.177 e. The van der Waals surface area contributed by atoms with Crippen molar-refractivity contribution in [2.45, 2.75) is 39.5 Å². The van der Waals surface area contributed by atoms with Crippen molar-refractivity contribution in [2.75, 3.05) is 0 Å². The summed E-state index contributed by atoms with van der Waals surface area (Å²) < 4.78 is 0. The monoisotopic (exact) mass is 224 g/mol. The van der Waals surface area contributed by atoms with E-state index in [9.17, 15) is 0 Å². The third-order valence-electron chi connectivity index (χ3n) is 1.76. The van der Waals surface area contributed by atoms with Gasteiger partial charge < -0.3 is 0 Å². The first kappa shape index (κ1) is 12.2. The summed E-state index contributed by atoms with van der Waals surface area (Å²) in [4.78, 5) is 0. The fourth-order valence-electron chi connectivity index (χ4n) is 0.828. The van der Waals surface area contributed by atoms with E-state index in [0.29, 0.717) is 11.8 Å². The van der Waals surface area contributed by atoms with Crippen molar-refractivity contribution in [3.8, 4) is 0 Å². The Bertz CT molecular complexity index is 324. The van der Waals surface area contributed by atoms with Gasteiger partial charge in [0.25, 0.3) is 0 Å². The number of tetrazole rings is 2. The molecule has 0 radical (unpaired) electrons. The van der Waals surface area contributed by atoms with Gasteiger partial charge in [-0.25, -0.2) is 0 Å². The van der Waals surface area contributed by atoms with Gasteiger partial charge in [-0.1, -0.05) is 38.1 Å². The standard InChI is InChI=1S/2C4H8N4/c2*1-3(2)4-5-7-8-6-4/h2*3H,1-2H3,(H,5,6,7,8). The lowest BCUT2D eigenvalue weighted by atomic mass is 10.2. The number of H-pyrrole nitrogens is 2. The number of hydrogen-bond donors (Lipinski definition) is 2. The second-order valence-electron chi connectivity index (χ2n) is 3.85. The van der Waals surface area contributed by atoms with Gasteiger partial charge in [0.2, 0.25) is 0 Å². The van der Waals surface area contributed by atoms with Gasteiger partial charge in [-0.2, -0.15) is 10.4 Å². The highest BCUT2D eigenvalue weighted by Crippen LogP contribution is 2.03. The van der Waals surface area contributed by atoms with Crippen molar-refractivity contribution >= 4 is 0 Å². The normalized spacial score (nSPS) is 10.4. The predicted octanol–water partition coefficient (Wildman–Crippen LogP) is 0.646. The first-order chi connectivity index (χ1) is 7.61. The molecule has 0 amide bonds. The Morgan fingerprint density at radius 3 is 1.25 bits per heavy atom. The van der Waals surface area contributed by atoms with Gasteiger partial charge in [0.05, 0.1) is 0 Å². The average Bonchev–Trinajstić information content (AvgIpc) is 2.93. The van der Waals surface area contributed by atoms with Crippen molar-refractivity contribution in [2.24, 2.45) is 0 Å². The van der Waals surface area contributed by atoms with Crippen LogP contribution in [0.4, 0.5) is 0 Å². The number of nitrogens with one attached hydrogen (secondary N) is 2. The second kappa shape index (κ2) is 5.89. The third kappa shape index (κ3) is 3.71. The number of aromatic nitrogens is 8. The number of rotatable bonds is 2. The number of nitrogens with zero attached hydrogens (tertiary/aromatic N) is 6. The molecule has 2 heterocycles. The summed E-state index contributed by atoms with van der Waals surface area (Å²) in [5.41, 5.74) is 0. The van der Waals surface area contributed by atoms with E-state index in [2.05, 4.69) is 41.2 Å². The van der Waals surface area contributed by atoms with Crippen molar-refractivity contribution in [3.63, 3.8) is 0 Å². The lowest BCUT2D eigenvalue weighted by molar-refractivity contribution is 0.778. The van der Waals surface area contributed by atoms with Crippen molar-refractivity contribution in [3.05, 3.63) is 11.6 Å². The molecule has 0 aliphatic carbocycles. The Morgan fingerprint density at radius 2 is 1.12 bits per heavy atom. The zero-order valence-corrected chi connectivity index (χ0v) is 9.84. The molecule has 0 fully saturated rings. The summed E-state index contributed by atoms with van der Waals surface area (Å²) >= 11 is 0. The maximum Gasteiger partial charge on any atom is 0.177 e. The number of hydrogen-bond acceptors (Lipinski definition) is 6. The Kier molecular flexibility index (Phi) is 4.49. The van der Waals surface area contributed by atoms with E-state index in [1.54, 1.807) is 0 Å². The molecule has 0 saturated heterocycles. The highest BCUT2D eigenvalue weighted by Gasteiger charge is 2.01. The predicted molar refractivity (Wildman–Crippen MR) is 56.5 cm³/mol. The smallest absolute Gasteiger partial charge is 0.177 e. The van der Waals surface area contributed by atoms with Gasteiger partial charge in [-0.3, -0.25) is 0 Å². The Morgan fingerprint density at radius 1 is 0.750 bits per heavy atom. The van der Waals surface area contributed by atoms with Gasteiger partial charge in [0, 0.05) is 11.8 Å². The van der Waals surface area contributed by atoms with Crippen LogP contribution in [0.5, 0.6) is 0 Å². The summed E-state index contributed by atoms with van der Waals surface area (Å²) in [6.45, 7) is 8.07. The van der Waals surface area contributed by atoms with E-state index in [4.69, 9.17) is 0 Å². The van der Waals surface area contributed by atoms with E-state index >= 15 is 0 Å². The fourth-order valence-corrected chi connectivity index (χ4v) is 0.828. The van der Waals surface area contributed by atoms with Crippen LogP contribution in [-0.4, -0.2) is 41.2 Å². The quantitative estimate of drug-likeness (QED) is 0.775. The molecule has 2 N–H and O–H groups in total. The van der Waals surface area contributed by atoms with Crippen molar-refractivity contribution in [1.82, 2.24) is 41.2 Å². The van der Waals surface area contributed by atoms with Crippen LogP contribution in [0.25, 0.3) is 0 Å². The summed E-state index contributed by atoms with van der Waals surface area (Å²) in [6.07, 6.45) is 0. The molecule has 0 spiro atoms. The minimum absolute atomic E-state index is 0.369. The van der Waals surface area contributed by atoms with E-state index in [1.807, 2.05) is 27.7 Å². The van der Waals surface area contributed by atoms with Crippen LogP contribution in [0, 0.1) is 0 Å². The largest absolute Gasteiger partial charge is 0.177 e. The molecule has 0 aliphatic heterocycles. The van der Waals surface area contributed by atoms with E-state index in [1.165, 1.54) is 0 Å². The lowest BCUT2D eigenvalue weighted by Crippen LogP contribution is -1.88. The van der Waals surface area contributed by atoms with E-state index < -0.39 is 0 Å². The Labute approximate surface area is 93.2 Å². The molecular weight excluding hydrogens is 208 g/mol. The maximum absolute atomic E-state index is 3.77. The molecule has 0 bridgehead atoms. The lowest BCUT2D eigenvalue weighted by Gasteiger charge is -1.90. The fraction of sp³-hybridized carbons (Fsp3) is 0.750. The molecular formula is C8H16N8. The molecule has 16 heavy (non-hydrogen) atoms. The molecule has 0 saturated carbocycles. The van der Waals surface area contributed by atoms with Gasteiger partial charge in [-0.05, 0) is 0 Å². The molecule has 88 valence electrons. The summed E-state index contributed by atoms with van der Waals surface area (Å²) in [5, 5.41) is 26.6. The zero-order chi connectivity index (χ0) is 12.0. The van der Waals surface area contributed by atoms with Gasteiger partial charge in [-0.15, -0.1) is 20.4 Å². The minimum atomic E-state index is 0.369. The number of aromatic amines is 2. The van der Waals surface area contributed by atoms with Crippen molar-refractivity contribution in [1.29, 1.82) is 0 Å². The van der Waals surface area contributed by atoms with Crippen LogP contribution < -0.4 is 0 Å². The Hall–Kier alpha value is -1.86. The highest BCUT2D eigenvalue weighted by molar-refractivity contribution is 4.83. The van der Waals surface area contributed by atoms with Crippen LogP contribution in [0.1, 0.15) is 51.2 Å². The molecule has 2 aromatic rings. The topological polar surface area (TPSA) is 109 Å². The van der Waals surface area contributed by atoms with Gasteiger partial charge >= 0.3 is 0 Å². The Balaban J connectivity index is 0.000000160. The first-order valence-corrected chi connectivity index (χ1v) is 5.08. The van der Waals surface area contributed by atoms with Gasteiger partial charge in [0.15, 0.2) is 11.6 Å². The van der Waals surface area contributed by atoms with Crippen LogP contribution >= 0.6 is 0 Å². The van der Waals surface area contributed by atoms with Crippen LogP contribution in [0.3, 0.4) is 0 Å². The average molecular weight is 224 g/mol. The first-order valence-electron chi connectivity index (χ1n) is 5.08. The van der Waals surface area contributed by atoms with Crippen molar-refractivity contribution < 1.29 is 0 Å². The van der Waals surface area contributed by atoms with Crippen LogP contribution in [0.2, 0.25) is 0 Å². The molecule has 8 nitrogen and oxygen atoms in total. The third-order valence-corrected chi connectivity index (χ3v) is 1.76. The highest BCUT2D eigenvalue weighted by atomic mass is 15.5. The van der Waals surface area contributed by atoms with E-state index in [0.717, 1.165) is 11.6 Å².